The third kappa shape index (κ3) is 2.97. The largest absolute Gasteiger partial charge is 0.372 e. The van der Waals surface area contributed by atoms with E-state index < -0.39 is 6.10 Å². The van der Waals surface area contributed by atoms with Gasteiger partial charge in [-0.15, -0.1) is 0 Å². The van der Waals surface area contributed by atoms with Crippen LogP contribution < -0.4 is 5.32 Å². The number of hydrogen-bond donors (Lipinski definition) is 2. The number of methoxy groups -OCH3 is 1. The summed E-state index contributed by atoms with van der Waals surface area (Å²) in [5, 5.41) is 9.69. The maximum atomic E-state index is 11.8. The van der Waals surface area contributed by atoms with E-state index in [1.807, 2.05) is 25.1 Å². The van der Waals surface area contributed by atoms with Crippen molar-refractivity contribution in [3.63, 3.8) is 0 Å². The number of rotatable bonds is 4. The highest BCUT2D eigenvalue weighted by molar-refractivity contribution is 5.97. The number of nitrogens with one attached hydrogen (secondary N) is 2. The van der Waals surface area contributed by atoms with Gasteiger partial charge in [-0.05, 0) is 26.0 Å². The first-order chi connectivity index (χ1) is 9.11. The molecule has 0 radical (unpaired) electrons. The molecule has 1 heterocycles. The molecule has 0 aliphatic rings. The number of carbonyl (C=O) groups is 1. The molecule has 0 saturated carbocycles. The van der Waals surface area contributed by atoms with Crippen LogP contribution in [0.3, 0.4) is 0 Å². The van der Waals surface area contributed by atoms with Crippen molar-refractivity contribution in [3.8, 4) is 11.4 Å². The van der Waals surface area contributed by atoms with Gasteiger partial charge in [0.2, 0.25) is 0 Å². The zero-order valence-electron chi connectivity index (χ0n) is 11.1. The number of aryl methyl sites for hydroxylation is 1. The Morgan fingerprint density at radius 1 is 1.42 bits per heavy atom. The molecule has 6 nitrogen and oxygen atoms in total. The molecule has 1 amide bonds. The zero-order chi connectivity index (χ0) is 13.8. The molecule has 2 N–H and O–H groups in total. The number of ether oxygens (including phenoxy) is 1. The molecule has 0 fully saturated rings. The molecule has 2 aromatic rings. The van der Waals surface area contributed by atoms with Crippen LogP contribution in [0.25, 0.3) is 11.4 Å². The van der Waals surface area contributed by atoms with E-state index in [1.54, 1.807) is 13.0 Å². The highest BCUT2D eigenvalue weighted by atomic mass is 16.5. The molecule has 1 aromatic heterocycles. The number of carbonyl (C=O) groups excluding carboxylic acids is 1. The van der Waals surface area contributed by atoms with E-state index in [2.05, 4.69) is 20.5 Å². The van der Waals surface area contributed by atoms with Crippen LogP contribution in [-0.2, 0) is 9.53 Å². The topological polar surface area (TPSA) is 79.9 Å². The van der Waals surface area contributed by atoms with Crippen LogP contribution in [0.5, 0.6) is 0 Å². The minimum atomic E-state index is -0.512. The first-order valence-electron chi connectivity index (χ1n) is 5.94. The maximum absolute atomic E-state index is 11.8. The molecule has 100 valence electrons. The standard InChI is InChI=1S/C13H16N4O2/c1-8(19-3)13(18)15-11-7-5-4-6-10(11)12-14-9(2)16-17-12/h4-8H,1-3H3,(H,15,18)(H,14,16,17). The molecular weight excluding hydrogens is 244 g/mol. The van der Waals surface area contributed by atoms with Gasteiger partial charge in [0.15, 0.2) is 5.82 Å². The Kier molecular flexibility index (Phi) is 3.91. The van der Waals surface area contributed by atoms with E-state index in [9.17, 15) is 4.79 Å². The van der Waals surface area contributed by atoms with Crippen molar-refractivity contribution in [2.24, 2.45) is 0 Å². The summed E-state index contributed by atoms with van der Waals surface area (Å²) < 4.78 is 4.98. The van der Waals surface area contributed by atoms with E-state index in [0.717, 1.165) is 11.4 Å². The molecule has 0 spiro atoms. The predicted octanol–water partition coefficient (Wildman–Crippen LogP) is 1.75. The van der Waals surface area contributed by atoms with Crippen LogP contribution in [0.2, 0.25) is 0 Å². The quantitative estimate of drug-likeness (QED) is 0.877. The van der Waals surface area contributed by atoms with Gasteiger partial charge < -0.3 is 10.1 Å². The average Bonchev–Trinajstić information content (AvgIpc) is 2.85. The minimum Gasteiger partial charge on any atom is -0.372 e. The summed E-state index contributed by atoms with van der Waals surface area (Å²) in [5.74, 6) is 1.07. The van der Waals surface area contributed by atoms with E-state index in [-0.39, 0.29) is 5.91 Å². The first kappa shape index (κ1) is 13.2. The van der Waals surface area contributed by atoms with Gasteiger partial charge in [-0.3, -0.25) is 9.89 Å². The molecule has 1 atom stereocenters. The second-order valence-electron chi connectivity index (χ2n) is 4.16. The third-order valence-corrected chi connectivity index (χ3v) is 2.75. The summed E-state index contributed by atoms with van der Waals surface area (Å²) in [4.78, 5) is 16.1. The van der Waals surface area contributed by atoms with Crippen LogP contribution in [0.4, 0.5) is 5.69 Å². The Morgan fingerprint density at radius 2 is 2.16 bits per heavy atom. The molecule has 1 aromatic carbocycles. The van der Waals surface area contributed by atoms with Gasteiger partial charge >= 0.3 is 0 Å². The second kappa shape index (κ2) is 5.62. The first-order valence-corrected chi connectivity index (χ1v) is 5.94. The van der Waals surface area contributed by atoms with Gasteiger partial charge in [-0.1, -0.05) is 12.1 Å². The van der Waals surface area contributed by atoms with Crippen molar-refractivity contribution in [1.29, 1.82) is 0 Å². The number of benzene rings is 1. The lowest BCUT2D eigenvalue weighted by molar-refractivity contribution is -0.124. The summed E-state index contributed by atoms with van der Waals surface area (Å²) >= 11 is 0. The minimum absolute atomic E-state index is 0.206. The van der Waals surface area contributed by atoms with Gasteiger partial charge in [-0.2, -0.15) is 5.10 Å². The lowest BCUT2D eigenvalue weighted by Crippen LogP contribution is -2.26. The molecule has 1 unspecified atom stereocenters. The molecule has 2 rings (SSSR count). The van der Waals surface area contributed by atoms with Crippen molar-refractivity contribution < 1.29 is 9.53 Å². The van der Waals surface area contributed by atoms with Crippen molar-refractivity contribution >= 4 is 11.6 Å². The fourth-order valence-corrected chi connectivity index (χ4v) is 1.59. The van der Waals surface area contributed by atoms with Gasteiger partial charge in [0.05, 0.1) is 5.69 Å². The molecule has 0 saturated heterocycles. The zero-order valence-corrected chi connectivity index (χ0v) is 11.1. The van der Waals surface area contributed by atoms with Gasteiger partial charge in [0.25, 0.3) is 5.91 Å². The third-order valence-electron chi connectivity index (χ3n) is 2.75. The van der Waals surface area contributed by atoms with Crippen LogP contribution in [0.1, 0.15) is 12.7 Å². The Morgan fingerprint density at radius 3 is 2.79 bits per heavy atom. The van der Waals surface area contributed by atoms with Crippen LogP contribution in [-0.4, -0.2) is 34.3 Å². The SMILES string of the molecule is COC(C)C(=O)Nc1ccccc1-c1n[nH]c(C)n1. The predicted molar refractivity (Wildman–Crippen MR) is 71.7 cm³/mol. The Bertz CT molecular complexity index is 580. The lowest BCUT2D eigenvalue weighted by atomic mass is 10.1. The van der Waals surface area contributed by atoms with Crippen molar-refractivity contribution in [3.05, 3.63) is 30.1 Å². The number of nitrogens with zero attached hydrogens (tertiary/aromatic N) is 2. The normalized spacial score (nSPS) is 12.2. The number of aromatic amines is 1. The van der Waals surface area contributed by atoms with Crippen molar-refractivity contribution in [2.45, 2.75) is 20.0 Å². The van der Waals surface area contributed by atoms with Gasteiger partial charge in [-0.25, -0.2) is 4.98 Å². The van der Waals surface area contributed by atoms with Crippen LogP contribution in [0, 0.1) is 6.92 Å². The summed E-state index contributed by atoms with van der Waals surface area (Å²) in [6, 6.07) is 7.38. The molecule has 6 heteroatoms. The number of H-pyrrole nitrogens is 1. The fourth-order valence-electron chi connectivity index (χ4n) is 1.59. The number of amides is 1. The van der Waals surface area contributed by atoms with Crippen LogP contribution in [0.15, 0.2) is 24.3 Å². The summed E-state index contributed by atoms with van der Waals surface area (Å²) in [7, 11) is 1.49. The Hall–Kier alpha value is -2.21. The average molecular weight is 260 g/mol. The molecule has 19 heavy (non-hydrogen) atoms. The molecule has 0 aliphatic heterocycles. The van der Waals surface area contributed by atoms with E-state index in [0.29, 0.717) is 11.5 Å². The van der Waals surface area contributed by atoms with Gasteiger partial charge in [0, 0.05) is 12.7 Å². The highest BCUT2D eigenvalue weighted by Crippen LogP contribution is 2.24. The van der Waals surface area contributed by atoms with Gasteiger partial charge in [0.1, 0.15) is 11.9 Å². The molecular formula is C13H16N4O2. The highest BCUT2D eigenvalue weighted by Gasteiger charge is 2.15. The number of anilines is 1. The summed E-state index contributed by atoms with van der Waals surface area (Å²) in [5.41, 5.74) is 1.43. The summed E-state index contributed by atoms with van der Waals surface area (Å²) in [6.45, 7) is 3.51. The van der Waals surface area contributed by atoms with E-state index in [4.69, 9.17) is 4.74 Å². The fraction of sp³-hybridized carbons (Fsp3) is 0.308. The van der Waals surface area contributed by atoms with E-state index in [1.165, 1.54) is 7.11 Å². The lowest BCUT2D eigenvalue weighted by Gasteiger charge is -2.12. The smallest absolute Gasteiger partial charge is 0.253 e. The monoisotopic (exact) mass is 260 g/mol. The second-order valence-corrected chi connectivity index (χ2v) is 4.16. The van der Waals surface area contributed by atoms with E-state index >= 15 is 0 Å². The van der Waals surface area contributed by atoms with Crippen molar-refractivity contribution in [1.82, 2.24) is 15.2 Å². The van der Waals surface area contributed by atoms with Crippen molar-refractivity contribution in [2.75, 3.05) is 12.4 Å². The molecule has 0 bridgehead atoms. The Labute approximate surface area is 111 Å². The molecule has 0 aliphatic carbocycles. The summed E-state index contributed by atoms with van der Waals surface area (Å²) in [6.07, 6.45) is -0.512. The number of aromatic nitrogens is 3. The van der Waals surface area contributed by atoms with Crippen LogP contribution >= 0.6 is 0 Å². The number of para-hydroxylation sites is 1. The Balaban J connectivity index is 2.29. The number of hydrogen-bond acceptors (Lipinski definition) is 4. The maximum Gasteiger partial charge on any atom is 0.253 e.